The van der Waals surface area contributed by atoms with Crippen molar-refractivity contribution in [2.45, 2.75) is 39.3 Å². The molecule has 0 radical (unpaired) electrons. The number of aliphatic hydroxyl groups excluding tert-OH is 1. The van der Waals surface area contributed by atoms with Crippen LogP contribution < -0.4 is 10.6 Å². The summed E-state index contributed by atoms with van der Waals surface area (Å²) in [5.41, 5.74) is 0. The van der Waals surface area contributed by atoms with Gasteiger partial charge in [-0.1, -0.05) is 0 Å². The molecule has 0 heterocycles. The maximum atomic E-state index is 11.5. The van der Waals surface area contributed by atoms with Crippen molar-refractivity contribution in [1.82, 2.24) is 10.6 Å². The third-order valence-corrected chi connectivity index (χ3v) is 3.04. The molecule has 0 aromatic rings. The van der Waals surface area contributed by atoms with Crippen LogP contribution in [0.2, 0.25) is 0 Å². The van der Waals surface area contributed by atoms with Crippen molar-refractivity contribution < 1.29 is 9.90 Å². The van der Waals surface area contributed by atoms with Crippen LogP contribution in [0.4, 0.5) is 0 Å². The molecule has 0 saturated heterocycles. The first-order valence-electron chi connectivity index (χ1n) is 5.80. The van der Waals surface area contributed by atoms with Crippen LogP contribution in [0.1, 0.15) is 27.2 Å². The molecule has 0 rings (SSSR count). The van der Waals surface area contributed by atoms with Gasteiger partial charge in [0, 0.05) is 24.9 Å². The Morgan fingerprint density at radius 1 is 1.31 bits per heavy atom. The SMILES string of the molecule is CC(C)NC(=O)C(C)NCCSCCCO. The highest BCUT2D eigenvalue weighted by Crippen LogP contribution is 2.00. The minimum Gasteiger partial charge on any atom is -0.396 e. The second-order valence-corrected chi connectivity index (χ2v) is 5.25. The number of hydrogen-bond donors (Lipinski definition) is 3. The molecule has 5 heteroatoms. The third kappa shape index (κ3) is 9.00. The molecular weight excluding hydrogens is 224 g/mol. The van der Waals surface area contributed by atoms with Gasteiger partial charge in [0.1, 0.15) is 0 Å². The first-order valence-corrected chi connectivity index (χ1v) is 6.95. The zero-order chi connectivity index (χ0) is 12.4. The van der Waals surface area contributed by atoms with Crippen LogP contribution in [0.3, 0.4) is 0 Å². The predicted molar refractivity (Wildman–Crippen MR) is 69.8 cm³/mol. The van der Waals surface area contributed by atoms with Gasteiger partial charge in [0.05, 0.1) is 6.04 Å². The van der Waals surface area contributed by atoms with E-state index in [-0.39, 0.29) is 24.6 Å². The quantitative estimate of drug-likeness (QED) is 0.523. The van der Waals surface area contributed by atoms with E-state index in [0.29, 0.717) is 0 Å². The monoisotopic (exact) mass is 248 g/mol. The zero-order valence-corrected chi connectivity index (χ0v) is 11.3. The van der Waals surface area contributed by atoms with Crippen LogP contribution in [-0.4, -0.2) is 47.8 Å². The van der Waals surface area contributed by atoms with Crippen LogP contribution in [0, 0.1) is 0 Å². The molecule has 0 bridgehead atoms. The van der Waals surface area contributed by atoms with Gasteiger partial charge in [-0.05, 0) is 32.9 Å². The summed E-state index contributed by atoms with van der Waals surface area (Å²) in [7, 11) is 0. The first kappa shape index (κ1) is 15.7. The summed E-state index contributed by atoms with van der Waals surface area (Å²) < 4.78 is 0. The minimum atomic E-state index is -0.138. The van der Waals surface area contributed by atoms with E-state index in [1.807, 2.05) is 20.8 Å². The van der Waals surface area contributed by atoms with E-state index in [9.17, 15) is 4.79 Å². The molecule has 4 nitrogen and oxygen atoms in total. The Balaban J connectivity index is 3.42. The number of hydrogen-bond acceptors (Lipinski definition) is 4. The third-order valence-electron chi connectivity index (χ3n) is 1.97. The van der Waals surface area contributed by atoms with Crippen molar-refractivity contribution >= 4 is 17.7 Å². The van der Waals surface area contributed by atoms with Gasteiger partial charge >= 0.3 is 0 Å². The molecule has 0 aromatic carbocycles. The minimum absolute atomic E-state index is 0.0513. The lowest BCUT2D eigenvalue weighted by atomic mass is 10.3. The molecule has 1 unspecified atom stereocenters. The van der Waals surface area contributed by atoms with E-state index in [2.05, 4.69) is 10.6 Å². The van der Waals surface area contributed by atoms with E-state index in [0.717, 1.165) is 24.5 Å². The highest BCUT2D eigenvalue weighted by Gasteiger charge is 2.11. The highest BCUT2D eigenvalue weighted by atomic mass is 32.2. The summed E-state index contributed by atoms with van der Waals surface area (Å²) in [5.74, 6) is 2.00. The van der Waals surface area contributed by atoms with Gasteiger partial charge in [-0.25, -0.2) is 0 Å². The van der Waals surface area contributed by atoms with Crippen LogP contribution >= 0.6 is 11.8 Å². The number of amides is 1. The molecule has 0 fully saturated rings. The molecule has 3 N–H and O–H groups in total. The topological polar surface area (TPSA) is 61.4 Å². The van der Waals surface area contributed by atoms with Crippen molar-refractivity contribution in [2.75, 3.05) is 24.7 Å². The maximum Gasteiger partial charge on any atom is 0.237 e. The number of rotatable bonds is 9. The Labute approximate surface area is 103 Å². The fraction of sp³-hybridized carbons (Fsp3) is 0.909. The number of aliphatic hydroxyl groups is 1. The Hall–Kier alpha value is -0.260. The smallest absolute Gasteiger partial charge is 0.237 e. The van der Waals surface area contributed by atoms with Crippen molar-refractivity contribution in [3.05, 3.63) is 0 Å². The van der Waals surface area contributed by atoms with E-state index in [1.54, 1.807) is 11.8 Å². The van der Waals surface area contributed by atoms with E-state index in [4.69, 9.17) is 5.11 Å². The number of carbonyl (C=O) groups is 1. The molecule has 0 aliphatic heterocycles. The van der Waals surface area contributed by atoms with Gasteiger partial charge in [0.15, 0.2) is 0 Å². The molecule has 1 amide bonds. The standard InChI is InChI=1S/C11H24N2O2S/c1-9(2)13-11(15)10(3)12-5-8-16-7-4-6-14/h9-10,12,14H,4-8H2,1-3H3,(H,13,15). The van der Waals surface area contributed by atoms with Gasteiger partial charge in [-0.15, -0.1) is 0 Å². The number of nitrogens with one attached hydrogen (secondary N) is 2. The summed E-state index contributed by atoms with van der Waals surface area (Å²) in [5, 5.41) is 14.6. The summed E-state index contributed by atoms with van der Waals surface area (Å²) >= 11 is 1.79. The highest BCUT2D eigenvalue weighted by molar-refractivity contribution is 7.99. The van der Waals surface area contributed by atoms with Crippen LogP contribution in [-0.2, 0) is 4.79 Å². The maximum absolute atomic E-state index is 11.5. The zero-order valence-electron chi connectivity index (χ0n) is 10.5. The number of thioether (sulfide) groups is 1. The van der Waals surface area contributed by atoms with Crippen molar-refractivity contribution in [3.8, 4) is 0 Å². The van der Waals surface area contributed by atoms with Gasteiger partial charge in [-0.3, -0.25) is 4.79 Å². The average molecular weight is 248 g/mol. The first-order chi connectivity index (χ1) is 7.57. The molecule has 0 aromatic heterocycles. The van der Waals surface area contributed by atoms with Gasteiger partial charge in [-0.2, -0.15) is 11.8 Å². The molecule has 0 aliphatic carbocycles. The molecule has 96 valence electrons. The van der Waals surface area contributed by atoms with Crippen molar-refractivity contribution in [1.29, 1.82) is 0 Å². The van der Waals surface area contributed by atoms with Crippen LogP contribution in [0.25, 0.3) is 0 Å². The van der Waals surface area contributed by atoms with Crippen LogP contribution in [0.15, 0.2) is 0 Å². The summed E-state index contributed by atoms with van der Waals surface area (Å²) in [6.07, 6.45) is 0.841. The lowest BCUT2D eigenvalue weighted by Crippen LogP contribution is -2.45. The second-order valence-electron chi connectivity index (χ2n) is 4.03. The summed E-state index contributed by atoms with van der Waals surface area (Å²) in [6.45, 7) is 6.86. The molecule has 16 heavy (non-hydrogen) atoms. The summed E-state index contributed by atoms with van der Waals surface area (Å²) in [4.78, 5) is 11.5. The van der Waals surface area contributed by atoms with E-state index >= 15 is 0 Å². The van der Waals surface area contributed by atoms with Crippen molar-refractivity contribution in [2.24, 2.45) is 0 Å². The fourth-order valence-electron chi connectivity index (χ4n) is 1.12. The molecule has 0 spiro atoms. The lowest BCUT2D eigenvalue weighted by molar-refractivity contribution is -0.123. The average Bonchev–Trinajstić information content (AvgIpc) is 2.21. The molecule has 0 saturated carbocycles. The molecule has 1 atom stereocenters. The Morgan fingerprint density at radius 2 is 2.00 bits per heavy atom. The van der Waals surface area contributed by atoms with Gasteiger partial charge in [0.2, 0.25) is 5.91 Å². The summed E-state index contributed by atoms with van der Waals surface area (Å²) in [6, 6.07) is 0.0523. The Morgan fingerprint density at radius 3 is 2.56 bits per heavy atom. The Kier molecular flexibility index (Phi) is 9.77. The molecule has 0 aliphatic rings. The van der Waals surface area contributed by atoms with E-state index in [1.165, 1.54) is 0 Å². The largest absolute Gasteiger partial charge is 0.396 e. The van der Waals surface area contributed by atoms with E-state index < -0.39 is 0 Å². The molecular formula is C11H24N2O2S. The predicted octanol–water partition coefficient (Wildman–Crippen LogP) is 0.605. The van der Waals surface area contributed by atoms with Gasteiger partial charge < -0.3 is 15.7 Å². The van der Waals surface area contributed by atoms with Crippen LogP contribution in [0.5, 0.6) is 0 Å². The fourth-order valence-corrected chi connectivity index (χ4v) is 1.92. The lowest BCUT2D eigenvalue weighted by Gasteiger charge is -2.15. The second kappa shape index (κ2) is 9.93. The van der Waals surface area contributed by atoms with Crippen molar-refractivity contribution in [3.63, 3.8) is 0 Å². The normalized spacial score (nSPS) is 12.8. The van der Waals surface area contributed by atoms with Gasteiger partial charge in [0.25, 0.3) is 0 Å². The Bertz CT molecular complexity index is 189. The number of carbonyl (C=O) groups excluding carboxylic acids is 1.